The fourth-order valence-electron chi connectivity index (χ4n) is 1.70. The quantitative estimate of drug-likeness (QED) is 0.782. The van der Waals surface area contributed by atoms with Crippen molar-refractivity contribution in [1.82, 2.24) is 15.0 Å². The van der Waals surface area contributed by atoms with E-state index >= 15 is 0 Å². The van der Waals surface area contributed by atoms with Crippen molar-refractivity contribution in [1.29, 1.82) is 0 Å². The number of rotatable bonds is 4. The predicted molar refractivity (Wildman–Crippen MR) is 59.9 cm³/mol. The molecule has 0 aliphatic heterocycles. The Balaban J connectivity index is 2.32. The van der Waals surface area contributed by atoms with E-state index in [0.717, 1.165) is 5.56 Å². The van der Waals surface area contributed by atoms with E-state index in [-0.39, 0.29) is 11.8 Å². The van der Waals surface area contributed by atoms with Gasteiger partial charge in [-0.3, -0.25) is 4.79 Å². The maximum absolute atomic E-state index is 11.3. The molecule has 1 unspecified atom stereocenters. The summed E-state index contributed by atoms with van der Waals surface area (Å²) in [5.41, 5.74) is 1.07. The molecule has 1 heterocycles. The number of hydrogen-bond acceptors (Lipinski definition) is 3. The lowest BCUT2D eigenvalue weighted by atomic mass is 10.0. The number of nitrogens with zero attached hydrogens (tertiary/aromatic N) is 3. The van der Waals surface area contributed by atoms with Crippen LogP contribution < -0.4 is 0 Å². The van der Waals surface area contributed by atoms with Crippen molar-refractivity contribution in [3.05, 3.63) is 48.3 Å². The van der Waals surface area contributed by atoms with Crippen LogP contribution in [0.5, 0.6) is 0 Å². The average Bonchev–Trinajstić information content (AvgIpc) is 2.80. The molecule has 0 aliphatic rings. The summed E-state index contributed by atoms with van der Waals surface area (Å²) in [6, 6.07) is 9.81. The van der Waals surface area contributed by atoms with Gasteiger partial charge in [-0.1, -0.05) is 35.5 Å². The number of hydrogen-bond donors (Lipinski definition) is 0. The molecule has 0 spiro atoms. The smallest absolute Gasteiger partial charge is 0.132 e. The minimum Gasteiger partial charge on any atom is -0.300 e. The highest BCUT2D eigenvalue weighted by Gasteiger charge is 2.15. The third-order valence-corrected chi connectivity index (χ3v) is 2.43. The summed E-state index contributed by atoms with van der Waals surface area (Å²) in [7, 11) is 0. The zero-order chi connectivity index (χ0) is 11.4. The lowest BCUT2D eigenvalue weighted by Crippen LogP contribution is -2.14. The molecule has 2 rings (SSSR count). The first-order chi connectivity index (χ1) is 7.77. The SMILES string of the molecule is CC(=O)CC(c1ccccc1)n1ccnn1. The first-order valence-corrected chi connectivity index (χ1v) is 5.17. The normalized spacial score (nSPS) is 12.3. The molecule has 16 heavy (non-hydrogen) atoms. The summed E-state index contributed by atoms with van der Waals surface area (Å²) in [6.45, 7) is 1.59. The number of Topliss-reactive ketones (excluding diaryl/α,β-unsaturated/α-hetero) is 1. The van der Waals surface area contributed by atoms with Crippen molar-refractivity contribution in [2.24, 2.45) is 0 Å². The molecule has 0 radical (unpaired) electrons. The maximum atomic E-state index is 11.3. The molecular formula is C12H13N3O. The van der Waals surface area contributed by atoms with Crippen molar-refractivity contribution in [2.75, 3.05) is 0 Å². The van der Waals surface area contributed by atoms with Crippen LogP contribution >= 0.6 is 0 Å². The molecule has 1 aromatic carbocycles. The Bertz CT molecular complexity index is 450. The summed E-state index contributed by atoms with van der Waals surface area (Å²) < 4.78 is 1.72. The molecule has 0 N–H and O–H groups in total. The molecule has 1 aromatic heterocycles. The van der Waals surface area contributed by atoms with Crippen molar-refractivity contribution in [2.45, 2.75) is 19.4 Å². The average molecular weight is 215 g/mol. The first kappa shape index (κ1) is 10.5. The Morgan fingerprint density at radius 3 is 2.69 bits per heavy atom. The highest BCUT2D eigenvalue weighted by Crippen LogP contribution is 2.20. The van der Waals surface area contributed by atoms with Crippen LogP contribution in [0.25, 0.3) is 0 Å². The van der Waals surface area contributed by atoms with E-state index in [1.807, 2.05) is 30.3 Å². The van der Waals surface area contributed by atoms with Crippen LogP contribution in [0, 0.1) is 0 Å². The Hall–Kier alpha value is -1.97. The number of carbonyl (C=O) groups excluding carboxylic acids is 1. The first-order valence-electron chi connectivity index (χ1n) is 5.17. The third-order valence-electron chi connectivity index (χ3n) is 2.43. The molecule has 0 fully saturated rings. The highest BCUT2D eigenvalue weighted by molar-refractivity contribution is 5.76. The van der Waals surface area contributed by atoms with Gasteiger partial charge in [-0.15, -0.1) is 5.10 Å². The standard InChI is InChI=1S/C12H13N3O/c1-10(16)9-12(15-8-7-13-14-15)11-5-3-2-4-6-11/h2-8,12H,9H2,1H3. The number of aromatic nitrogens is 3. The minimum absolute atomic E-state index is 0.0544. The second kappa shape index (κ2) is 4.70. The maximum Gasteiger partial charge on any atom is 0.132 e. The van der Waals surface area contributed by atoms with Crippen LogP contribution in [-0.4, -0.2) is 20.8 Å². The topological polar surface area (TPSA) is 47.8 Å². The van der Waals surface area contributed by atoms with Gasteiger partial charge >= 0.3 is 0 Å². The van der Waals surface area contributed by atoms with Crippen molar-refractivity contribution in [3.8, 4) is 0 Å². The molecule has 82 valence electrons. The van der Waals surface area contributed by atoms with Gasteiger partial charge in [0, 0.05) is 12.6 Å². The Labute approximate surface area is 93.9 Å². The second-order valence-electron chi connectivity index (χ2n) is 3.72. The lowest BCUT2D eigenvalue weighted by molar-refractivity contribution is -0.117. The van der Waals surface area contributed by atoms with E-state index in [1.54, 1.807) is 24.0 Å². The Morgan fingerprint density at radius 1 is 1.38 bits per heavy atom. The number of ketones is 1. The monoisotopic (exact) mass is 215 g/mol. The van der Waals surface area contributed by atoms with Crippen LogP contribution in [0.3, 0.4) is 0 Å². The van der Waals surface area contributed by atoms with Crippen LogP contribution in [0.2, 0.25) is 0 Å². The molecule has 0 saturated carbocycles. The van der Waals surface area contributed by atoms with Crippen molar-refractivity contribution in [3.63, 3.8) is 0 Å². The molecular weight excluding hydrogens is 202 g/mol. The van der Waals surface area contributed by atoms with Gasteiger partial charge in [-0.25, -0.2) is 4.68 Å². The molecule has 0 bridgehead atoms. The van der Waals surface area contributed by atoms with Crippen molar-refractivity contribution >= 4 is 5.78 Å². The van der Waals surface area contributed by atoms with Gasteiger partial charge in [0.25, 0.3) is 0 Å². The van der Waals surface area contributed by atoms with Gasteiger partial charge < -0.3 is 0 Å². The third kappa shape index (κ3) is 2.34. The summed E-state index contributed by atoms with van der Waals surface area (Å²) in [5.74, 6) is 0.143. The minimum atomic E-state index is -0.0544. The molecule has 0 amide bonds. The fraction of sp³-hybridized carbons (Fsp3) is 0.250. The number of benzene rings is 1. The molecule has 0 aliphatic carbocycles. The Kier molecular flexibility index (Phi) is 3.10. The fourth-order valence-corrected chi connectivity index (χ4v) is 1.70. The highest BCUT2D eigenvalue weighted by atomic mass is 16.1. The van der Waals surface area contributed by atoms with Gasteiger partial charge in [-0.2, -0.15) is 0 Å². The van der Waals surface area contributed by atoms with E-state index in [9.17, 15) is 4.79 Å². The van der Waals surface area contributed by atoms with E-state index in [4.69, 9.17) is 0 Å². The van der Waals surface area contributed by atoms with Gasteiger partial charge in [0.1, 0.15) is 5.78 Å². The van der Waals surface area contributed by atoms with E-state index in [1.165, 1.54) is 0 Å². The van der Waals surface area contributed by atoms with Gasteiger partial charge in [-0.05, 0) is 12.5 Å². The largest absolute Gasteiger partial charge is 0.300 e. The van der Waals surface area contributed by atoms with Gasteiger partial charge in [0.15, 0.2) is 0 Å². The van der Waals surface area contributed by atoms with Crippen LogP contribution in [-0.2, 0) is 4.79 Å². The van der Waals surface area contributed by atoms with E-state index in [0.29, 0.717) is 6.42 Å². The number of carbonyl (C=O) groups is 1. The van der Waals surface area contributed by atoms with E-state index in [2.05, 4.69) is 10.3 Å². The predicted octanol–water partition coefficient (Wildman–Crippen LogP) is 1.85. The molecule has 2 aromatic rings. The Morgan fingerprint density at radius 2 is 2.12 bits per heavy atom. The van der Waals surface area contributed by atoms with Crippen LogP contribution in [0.1, 0.15) is 24.9 Å². The van der Waals surface area contributed by atoms with Gasteiger partial charge in [0.05, 0.1) is 12.2 Å². The summed E-state index contributed by atoms with van der Waals surface area (Å²) in [4.78, 5) is 11.3. The molecule has 1 atom stereocenters. The summed E-state index contributed by atoms with van der Waals surface area (Å²) in [6.07, 6.45) is 3.84. The zero-order valence-corrected chi connectivity index (χ0v) is 9.08. The van der Waals surface area contributed by atoms with Crippen molar-refractivity contribution < 1.29 is 4.79 Å². The molecule has 4 nitrogen and oxygen atoms in total. The molecule has 4 heteroatoms. The van der Waals surface area contributed by atoms with Crippen LogP contribution in [0.15, 0.2) is 42.7 Å². The lowest BCUT2D eigenvalue weighted by Gasteiger charge is -2.15. The van der Waals surface area contributed by atoms with Crippen LogP contribution in [0.4, 0.5) is 0 Å². The van der Waals surface area contributed by atoms with Gasteiger partial charge in [0.2, 0.25) is 0 Å². The zero-order valence-electron chi connectivity index (χ0n) is 9.08. The summed E-state index contributed by atoms with van der Waals surface area (Å²) in [5, 5.41) is 7.74. The molecule has 0 saturated heterocycles. The summed E-state index contributed by atoms with van der Waals surface area (Å²) >= 11 is 0. The second-order valence-corrected chi connectivity index (χ2v) is 3.72. The van der Waals surface area contributed by atoms with E-state index < -0.39 is 0 Å².